The minimum absolute atomic E-state index is 0.0299. The van der Waals surface area contributed by atoms with E-state index < -0.39 is 0 Å². The number of nitrogens with zero attached hydrogens (tertiary/aromatic N) is 2. The van der Waals surface area contributed by atoms with E-state index in [9.17, 15) is 0 Å². The van der Waals surface area contributed by atoms with Gasteiger partial charge in [-0.15, -0.1) is 0 Å². The summed E-state index contributed by atoms with van der Waals surface area (Å²) in [4.78, 5) is 4.90. The predicted molar refractivity (Wildman–Crippen MR) is 151 cm³/mol. The molecule has 0 bridgehead atoms. The molecule has 0 fully saturated rings. The van der Waals surface area contributed by atoms with Gasteiger partial charge in [-0.3, -0.25) is 4.57 Å². The van der Waals surface area contributed by atoms with E-state index in [4.69, 9.17) is 4.98 Å². The molecule has 2 nitrogen and oxygen atoms in total. The second-order valence-electron chi connectivity index (χ2n) is 10.5. The van der Waals surface area contributed by atoms with Crippen LogP contribution >= 0.6 is 0 Å². The van der Waals surface area contributed by atoms with E-state index in [1.165, 1.54) is 60.2 Å². The smallest absolute Gasteiger partial charge is 0.145 e. The van der Waals surface area contributed by atoms with Crippen LogP contribution in [0.5, 0.6) is 0 Å². The van der Waals surface area contributed by atoms with Gasteiger partial charge in [-0.2, -0.15) is 0 Å². The first kappa shape index (κ1) is 19.8. The number of pyridine rings is 1. The molecule has 170 valence electrons. The van der Waals surface area contributed by atoms with Gasteiger partial charge in [-0.1, -0.05) is 86.6 Å². The molecule has 0 unspecified atom stereocenters. The molecule has 0 aliphatic heterocycles. The van der Waals surface area contributed by atoms with Gasteiger partial charge < -0.3 is 0 Å². The normalized spacial score (nSPS) is 14.1. The Labute approximate surface area is 209 Å². The van der Waals surface area contributed by atoms with Crippen LogP contribution in [0.25, 0.3) is 60.3 Å². The lowest BCUT2D eigenvalue weighted by molar-refractivity contribution is 0.661. The summed E-state index contributed by atoms with van der Waals surface area (Å²) in [5, 5.41) is 7.51. The zero-order valence-electron chi connectivity index (χ0n) is 20.3. The van der Waals surface area contributed by atoms with Crippen molar-refractivity contribution in [3.63, 3.8) is 0 Å². The number of hydrogen-bond acceptors (Lipinski definition) is 1. The van der Waals surface area contributed by atoms with Crippen LogP contribution in [0.1, 0.15) is 25.0 Å². The summed E-state index contributed by atoms with van der Waals surface area (Å²) in [5.74, 6) is 0.979. The maximum absolute atomic E-state index is 4.90. The fourth-order valence-corrected chi connectivity index (χ4v) is 6.50. The summed E-state index contributed by atoms with van der Waals surface area (Å²) < 4.78 is 2.35. The van der Waals surface area contributed by atoms with Gasteiger partial charge in [0.05, 0.1) is 11.0 Å². The first-order valence-corrected chi connectivity index (χ1v) is 12.6. The Morgan fingerprint density at radius 1 is 0.583 bits per heavy atom. The molecule has 0 N–H and O–H groups in total. The second-order valence-corrected chi connectivity index (χ2v) is 10.5. The summed E-state index contributed by atoms with van der Waals surface area (Å²) in [5.41, 5.74) is 7.90. The molecule has 2 aromatic heterocycles. The number of fused-ring (bicyclic) bond motifs is 9. The third kappa shape index (κ3) is 2.43. The molecular formula is C34H24N2. The van der Waals surface area contributed by atoms with Crippen molar-refractivity contribution in [3.05, 3.63) is 120 Å². The van der Waals surface area contributed by atoms with E-state index in [1.54, 1.807) is 0 Å². The van der Waals surface area contributed by atoms with E-state index in [2.05, 4.69) is 122 Å². The van der Waals surface area contributed by atoms with Crippen LogP contribution < -0.4 is 0 Å². The molecule has 7 aromatic rings. The van der Waals surface area contributed by atoms with Crippen LogP contribution in [-0.2, 0) is 5.41 Å². The van der Waals surface area contributed by atoms with Gasteiger partial charge in [0.2, 0.25) is 0 Å². The maximum atomic E-state index is 4.90. The Morgan fingerprint density at radius 2 is 1.36 bits per heavy atom. The fraction of sp³-hybridized carbons (Fsp3) is 0.0882. The van der Waals surface area contributed by atoms with Crippen molar-refractivity contribution in [1.82, 2.24) is 9.55 Å². The van der Waals surface area contributed by atoms with E-state index in [1.807, 2.05) is 6.20 Å². The van der Waals surface area contributed by atoms with Crippen molar-refractivity contribution in [2.45, 2.75) is 19.3 Å². The van der Waals surface area contributed by atoms with Crippen LogP contribution in [0.2, 0.25) is 0 Å². The Bertz CT molecular complexity index is 2020. The van der Waals surface area contributed by atoms with Gasteiger partial charge in [-0.25, -0.2) is 4.98 Å². The van der Waals surface area contributed by atoms with E-state index in [-0.39, 0.29) is 5.41 Å². The van der Waals surface area contributed by atoms with Crippen molar-refractivity contribution in [1.29, 1.82) is 0 Å². The number of rotatable bonds is 1. The lowest BCUT2D eigenvalue weighted by atomic mass is 9.81. The van der Waals surface area contributed by atoms with Crippen LogP contribution in [0.15, 0.2) is 109 Å². The van der Waals surface area contributed by atoms with Crippen LogP contribution in [0.4, 0.5) is 0 Å². The van der Waals surface area contributed by atoms with Gasteiger partial charge in [0, 0.05) is 27.8 Å². The van der Waals surface area contributed by atoms with Gasteiger partial charge in [0.1, 0.15) is 5.82 Å². The molecule has 36 heavy (non-hydrogen) atoms. The zero-order chi connectivity index (χ0) is 24.0. The fourth-order valence-electron chi connectivity index (χ4n) is 6.50. The lowest BCUT2D eigenvalue weighted by Crippen LogP contribution is -2.14. The summed E-state index contributed by atoms with van der Waals surface area (Å²) in [6.07, 6.45) is 1.92. The van der Waals surface area contributed by atoms with Crippen molar-refractivity contribution in [3.8, 4) is 16.9 Å². The molecule has 0 atom stereocenters. The number of para-hydroxylation sites is 1. The molecule has 5 aromatic carbocycles. The molecule has 8 rings (SSSR count). The van der Waals surface area contributed by atoms with Crippen molar-refractivity contribution in [2.24, 2.45) is 0 Å². The Hall–Kier alpha value is -4.43. The predicted octanol–water partition coefficient (Wildman–Crippen LogP) is 8.79. The first-order chi connectivity index (χ1) is 17.6. The van der Waals surface area contributed by atoms with Crippen molar-refractivity contribution in [2.75, 3.05) is 0 Å². The largest absolute Gasteiger partial charge is 0.293 e. The van der Waals surface area contributed by atoms with E-state index >= 15 is 0 Å². The molecule has 2 heterocycles. The quantitative estimate of drug-likeness (QED) is 0.239. The SMILES string of the molecule is CC1(C)c2ccccc2-c2cc3ccc4c(c3cc21)c1ccccc1n4-c1nccc2ccccc12. The van der Waals surface area contributed by atoms with Gasteiger partial charge in [0.25, 0.3) is 0 Å². The van der Waals surface area contributed by atoms with E-state index in [0.29, 0.717) is 0 Å². The Kier molecular flexibility index (Phi) is 3.76. The molecular weight excluding hydrogens is 436 g/mol. The molecule has 0 radical (unpaired) electrons. The monoisotopic (exact) mass is 460 g/mol. The molecule has 0 amide bonds. The van der Waals surface area contributed by atoms with Crippen molar-refractivity contribution >= 4 is 43.4 Å². The zero-order valence-corrected chi connectivity index (χ0v) is 20.3. The molecule has 0 spiro atoms. The molecule has 1 aliphatic carbocycles. The van der Waals surface area contributed by atoms with Crippen LogP contribution in [0, 0.1) is 0 Å². The molecule has 2 heteroatoms. The summed E-state index contributed by atoms with van der Waals surface area (Å²) in [6.45, 7) is 4.71. The first-order valence-electron chi connectivity index (χ1n) is 12.6. The van der Waals surface area contributed by atoms with E-state index in [0.717, 1.165) is 11.2 Å². The average Bonchev–Trinajstić information content (AvgIpc) is 3.37. The topological polar surface area (TPSA) is 17.8 Å². The van der Waals surface area contributed by atoms with Gasteiger partial charge in [-0.05, 0) is 68.7 Å². The second kappa shape index (κ2) is 6.83. The standard InChI is InChI=1S/C34H24N2/c1-34(2)28-13-7-5-11-24(28)27-19-22-15-16-31-32(26(22)20-29(27)34)25-12-6-8-14-30(25)36(31)33-23-10-4-3-9-21(23)17-18-35-33/h3-20H,1-2H3. The maximum Gasteiger partial charge on any atom is 0.145 e. The summed E-state index contributed by atoms with van der Waals surface area (Å²) in [6, 6.07) is 37.7. The van der Waals surface area contributed by atoms with Gasteiger partial charge in [0.15, 0.2) is 0 Å². The highest BCUT2D eigenvalue weighted by molar-refractivity contribution is 6.22. The highest BCUT2D eigenvalue weighted by Crippen LogP contribution is 2.50. The lowest BCUT2D eigenvalue weighted by Gasteiger charge is -2.21. The number of hydrogen-bond donors (Lipinski definition) is 0. The average molecular weight is 461 g/mol. The summed E-state index contributed by atoms with van der Waals surface area (Å²) in [7, 11) is 0. The highest BCUT2D eigenvalue weighted by Gasteiger charge is 2.35. The minimum atomic E-state index is -0.0299. The molecule has 0 saturated carbocycles. The minimum Gasteiger partial charge on any atom is -0.293 e. The Balaban J connectivity index is 1.53. The number of aromatic nitrogens is 2. The van der Waals surface area contributed by atoms with Crippen LogP contribution in [-0.4, -0.2) is 9.55 Å². The van der Waals surface area contributed by atoms with Crippen LogP contribution in [0.3, 0.4) is 0 Å². The van der Waals surface area contributed by atoms with Crippen molar-refractivity contribution < 1.29 is 0 Å². The Morgan fingerprint density at radius 3 is 2.28 bits per heavy atom. The van der Waals surface area contributed by atoms with Gasteiger partial charge >= 0.3 is 0 Å². The summed E-state index contributed by atoms with van der Waals surface area (Å²) >= 11 is 0. The third-order valence-corrected chi connectivity index (χ3v) is 8.22. The molecule has 1 aliphatic rings. The third-order valence-electron chi connectivity index (χ3n) is 8.22. The highest BCUT2D eigenvalue weighted by atomic mass is 15.1. The molecule has 0 saturated heterocycles. The number of benzene rings is 5.